The van der Waals surface area contributed by atoms with Crippen LogP contribution in [0, 0.1) is 13.8 Å². The second-order valence-electron chi connectivity index (χ2n) is 14.7. The molecule has 0 saturated carbocycles. The number of hydrogen-bond donors (Lipinski definition) is 0. The van der Waals surface area contributed by atoms with Crippen molar-refractivity contribution in [3.05, 3.63) is 167 Å². The summed E-state index contributed by atoms with van der Waals surface area (Å²) in [5, 5.41) is 0. The lowest BCUT2D eigenvalue weighted by atomic mass is 9.77. The van der Waals surface area contributed by atoms with E-state index in [1.54, 1.807) is 25.3 Å². The van der Waals surface area contributed by atoms with E-state index in [2.05, 4.69) is 88.4 Å². The minimum atomic E-state index is -0.807. The summed E-state index contributed by atoms with van der Waals surface area (Å²) in [6.45, 7) is 13.9. The third-order valence-electron chi connectivity index (χ3n) is 10.3. The molecule has 0 aliphatic rings. The zero-order chi connectivity index (χ0) is 38.6. The van der Waals surface area contributed by atoms with Crippen LogP contribution in [0.25, 0.3) is 22.3 Å². The van der Waals surface area contributed by atoms with Gasteiger partial charge in [-0.25, -0.2) is 4.79 Å². The number of aryl methyl sites for hydroxylation is 2. The quantitative estimate of drug-likeness (QED) is 0.0798. The molecule has 0 unspecified atom stereocenters. The van der Waals surface area contributed by atoms with Crippen LogP contribution in [0.5, 0.6) is 23.0 Å². The number of hydrogen-bond acceptors (Lipinski definition) is 6. The summed E-state index contributed by atoms with van der Waals surface area (Å²) in [6, 6.07) is 44.4. The highest BCUT2D eigenvalue weighted by molar-refractivity contribution is 5.71. The summed E-state index contributed by atoms with van der Waals surface area (Å²) in [4.78, 5) is 24.2. The highest BCUT2D eigenvalue weighted by Crippen LogP contribution is 2.37. The van der Waals surface area contributed by atoms with E-state index in [0.29, 0.717) is 17.2 Å². The molecule has 6 rings (SSSR count). The largest absolute Gasteiger partial charge is 0.519 e. The number of esters is 1. The topological polar surface area (TPSA) is 71.1 Å². The highest BCUT2D eigenvalue weighted by atomic mass is 16.7. The first-order valence-corrected chi connectivity index (χ1v) is 18.0. The zero-order valence-corrected chi connectivity index (χ0v) is 32.2. The van der Waals surface area contributed by atoms with Crippen molar-refractivity contribution in [3.63, 3.8) is 0 Å². The van der Waals surface area contributed by atoms with Crippen molar-refractivity contribution in [3.8, 4) is 45.3 Å². The van der Waals surface area contributed by atoms with Crippen molar-refractivity contribution in [1.82, 2.24) is 0 Å². The number of rotatable bonds is 10. The number of benzene rings is 6. The van der Waals surface area contributed by atoms with E-state index < -0.39 is 6.16 Å². The van der Waals surface area contributed by atoms with Crippen LogP contribution in [0.2, 0.25) is 0 Å². The van der Waals surface area contributed by atoms with Gasteiger partial charge < -0.3 is 18.9 Å². The van der Waals surface area contributed by atoms with Gasteiger partial charge in [-0.05, 0) is 106 Å². The number of ether oxygens (including phenoxy) is 4. The maximum atomic E-state index is 12.8. The molecule has 0 amide bonds. The van der Waals surface area contributed by atoms with Crippen molar-refractivity contribution >= 4 is 12.1 Å². The molecule has 0 bridgehead atoms. The first-order valence-electron chi connectivity index (χ1n) is 18.0. The molecule has 0 heterocycles. The summed E-state index contributed by atoms with van der Waals surface area (Å²) in [7, 11) is 1.68. The molecule has 274 valence electrons. The van der Waals surface area contributed by atoms with Crippen LogP contribution in [-0.4, -0.2) is 19.2 Å². The molecule has 6 aromatic carbocycles. The first-order chi connectivity index (χ1) is 25.7. The molecular formula is C48H46O6. The normalized spacial score (nSPS) is 11.5. The average Bonchev–Trinajstić information content (AvgIpc) is 3.16. The summed E-state index contributed by atoms with van der Waals surface area (Å²) in [5.41, 5.74) is 10.1. The van der Waals surface area contributed by atoms with Crippen LogP contribution < -0.4 is 18.9 Å². The Morgan fingerprint density at radius 1 is 0.444 bits per heavy atom. The lowest BCUT2D eigenvalue weighted by Gasteiger charge is -2.27. The van der Waals surface area contributed by atoms with Crippen LogP contribution in [0.3, 0.4) is 0 Å². The molecule has 0 aromatic heterocycles. The lowest BCUT2D eigenvalue weighted by Crippen LogP contribution is -2.20. The Morgan fingerprint density at radius 2 is 0.796 bits per heavy atom. The minimum Gasteiger partial charge on any atom is -0.497 e. The van der Waals surface area contributed by atoms with Gasteiger partial charge >= 0.3 is 12.1 Å². The molecule has 0 aliphatic carbocycles. The van der Waals surface area contributed by atoms with E-state index >= 15 is 0 Å². The van der Waals surface area contributed by atoms with Gasteiger partial charge in [-0.15, -0.1) is 0 Å². The molecule has 0 atom stereocenters. The number of methoxy groups -OCH3 is 1. The Bertz CT molecular complexity index is 2260. The van der Waals surface area contributed by atoms with E-state index in [1.807, 2.05) is 68.4 Å². The maximum Gasteiger partial charge on any atom is 0.519 e. The van der Waals surface area contributed by atoms with Crippen molar-refractivity contribution in [2.45, 2.75) is 59.3 Å². The fraction of sp³-hybridized carbons (Fsp3) is 0.208. The van der Waals surface area contributed by atoms with Crippen molar-refractivity contribution in [2.24, 2.45) is 0 Å². The minimum absolute atomic E-state index is 0.192. The van der Waals surface area contributed by atoms with Gasteiger partial charge in [0.1, 0.15) is 23.0 Å². The highest BCUT2D eigenvalue weighted by Gasteiger charge is 2.26. The molecule has 6 heteroatoms. The van der Waals surface area contributed by atoms with E-state index in [1.165, 1.54) is 18.1 Å². The monoisotopic (exact) mass is 718 g/mol. The average molecular weight is 719 g/mol. The summed E-state index contributed by atoms with van der Waals surface area (Å²) in [6.07, 6.45) is -0.807. The van der Waals surface area contributed by atoms with Crippen LogP contribution >= 0.6 is 0 Å². The molecule has 54 heavy (non-hydrogen) atoms. The van der Waals surface area contributed by atoms with E-state index in [4.69, 9.17) is 18.9 Å². The van der Waals surface area contributed by atoms with Gasteiger partial charge in [0.2, 0.25) is 0 Å². The molecule has 0 spiro atoms. The molecule has 0 aliphatic heterocycles. The smallest absolute Gasteiger partial charge is 0.497 e. The first kappa shape index (κ1) is 37.6. The molecule has 0 radical (unpaired) electrons. The number of carbonyl (C=O) groups is 2. The van der Waals surface area contributed by atoms with Gasteiger partial charge in [-0.3, -0.25) is 4.79 Å². The Morgan fingerprint density at radius 3 is 1.19 bits per heavy atom. The second kappa shape index (κ2) is 15.5. The Balaban J connectivity index is 1.07. The summed E-state index contributed by atoms with van der Waals surface area (Å²) < 4.78 is 21.7. The van der Waals surface area contributed by atoms with Crippen molar-refractivity contribution < 1.29 is 28.5 Å². The van der Waals surface area contributed by atoms with Gasteiger partial charge in [-0.1, -0.05) is 125 Å². The van der Waals surface area contributed by atoms with Gasteiger partial charge in [0, 0.05) is 17.8 Å². The molecule has 6 nitrogen and oxygen atoms in total. The fourth-order valence-corrected chi connectivity index (χ4v) is 6.66. The zero-order valence-electron chi connectivity index (χ0n) is 32.2. The van der Waals surface area contributed by atoms with Crippen LogP contribution in [0.15, 0.2) is 133 Å². The van der Waals surface area contributed by atoms with E-state index in [9.17, 15) is 9.59 Å². The van der Waals surface area contributed by atoms with E-state index in [-0.39, 0.29) is 16.8 Å². The second-order valence-corrected chi connectivity index (χ2v) is 14.7. The Kier molecular flexibility index (Phi) is 10.8. The third-order valence-corrected chi connectivity index (χ3v) is 10.3. The Hall–Kier alpha value is -6.14. The summed E-state index contributed by atoms with van der Waals surface area (Å²) >= 11 is 0. The predicted octanol–water partition coefficient (Wildman–Crippen LogP) is 11.8. The van der Waals surface area contributed by atoms with Crippen LogP contribution in [-0.2, 0) is 15.6 Å². The van der Waals surface area contributed by atoms with Crippen molar-refractivity contribution in [1.29, 1.82) is 0 Å². The van der Waals surface area contributed by atoms with E-state index in [0.717, 1.165) is 50.3 Å². The lowest BCUT2D eigenvalue weighted by molar-refractivity contribution is -0.131. The Labute approximate surface area is 318 Å². The number of carbonyl (C=O) groups excluding carboxylic acids is 2. The SMILES string of the molecule is COc1ccc(-c2ccc(C(C)(C)c3ccc(-c4ccc(OC(=O)Oc5ccc(C(C)(C)c6ccc(OC(C)=O)c(C)c6)cc5C)cc4)cc3)cc2)cc1. The van der Waals surface area contributed by atoms with Gasteiger partial charge in [0.05, 0.1) is 7.11 Å². The third kappa shape index (κ3) is 8.24. The predicted molar refractivity (Wildman–Crippen MR) is 215 cm³/mol. The molecule has 6 aromatic rings. The van der Waals surface area contributed by atoms with Crippen LogP contribution in [0.1, 0.15) is 68.0 Å². The van der Waals surface area contributed by atoms with Gasteiger partial charge in [-0.2, -0.15) is 0 Å². The van der Waals surface area contributed by atoms with Crippen LogP contribution in [0.4, 0.5) is 4.79 Å². The molecular weight excluding hydrogens is 673 g/mol. The summed E-state index contributed by atoms with van der Waals surface area (Å²) in [5.74, 6) is 1.86. The maximum absolute atomic E-state index is 12.8. The van der Waals surface area contributed by atoms with Crippen molar-refractivity contribution in [2.75, 3.05) is 7.11 Å². The standard InChI is InChI=1S/C48H46O6/c1-31-29-40(21-27-44(31)52-33(3)49)48(6,7)41-22-28-45(32(2)30-41)54-46(50)53-43-25-15-37(16-26-43)35-11-19-39(20-12-35)47(4,5)38-17-9-34(10-18-38)36-13-23-42(51-8)24-14-36/h9-30H,1-8H3. The van der Waals surface area contributed by atoms with Gasteiger partial charge in [0.25, 0.3) is 0 Å². The fourth-order valence-electron chi connectivity index (χ4n) is 6.66. The molecule has 0 saturated heterocycles. The molecule has 0 N–H and O–H groups in total. The van der Waals surface area contributed by atoms with Gasteiger partial charge in [0.15, 0.2) is 0 Å². The molecule has 0 fully saturated rings.